The molecule has 2 aromatic heterocycles. The van der Waals surface area contributed by atoms with Gasteiger partial charge in [0.15, 0.2) is 0 Å². The molecular weight excluding hydrogens is 368 g/mol. The second-order valence-corrected chi connectivity index (χ2v) is 8.49. The van der Waals surface area contributed by atoms with Crippen LogP contribution in [0.25, 0.3) is 11.0 Å². The van der Waals surface area contributed by atoms with Crippen molar-refractivity contribution in [2.75, 3.05) is 11.9 Å². The largest absolute Gasteiger partial charge is 0.493 e. The highest BCUT2D eigenvalue weighted by Gasteiger charge is 2.24. The Morgan fingerprint density at radius 2 is 2.10 bits per heavy atom. The number of hydrogen-bond donors (Lipinski definition) is 2. The lowest BCUT2D eigenvalue weighted by molar-refractivity contribution is 0.0696. The molecule has 1 fully saturated rings. The molecule has 29 heavy (non-hydrogen) atoms. The van der Waals surface area contributed by atoms with Gasteiger partial charge in [-0.3, -0.25) is 0 Å². The number of furan rings is 1. The molecule has 6 nitrogen and oxygen atoms in total. The number of nitrogens with zero attached hydrogens (tertiary/aromatic N) is 1. The van der Waals surface area contributed by atoms with Crippen molar-refractivity contribution in [1.82, 2.24) is 4.98 Å². The first kappa shape index (κ1) is 19.3. The maximum absolute atomic E-state index is 11.0. The summed E-state index contributed by atoms with van der Waals surface area (Å²) in [6.07, 6.45) is 4.56. The fourth-order valence-electron chi connectivity index (χ4n) is 3.39. The maximum atomic E-state index is 11.0. The number of pyridine rings is 1. The van der Waals surface area contributed by atoms with Crippen molar-refractivity contribution < 1.29 is 19.1 Å². The number of aryl methyl sites for hydroxylation is 1. The van der Waals surface area contributed by atoms with E-state index in [0.29, 0.717) is 12.2 Å². The number of carbonyl (C=O) groups is 1. The van der Waals surface area contributed by atoms with Gasteiger partial charge in [0, 0.05) is 23.5 Å². The normalized spacial score (nSPS) is 14.2. The van der Waals surface area contributed by atoms with Gasteiger partial charge in [-0.05, 0) is 75.4 Å². The quantitative estimate of drug-likeness (QED) is 0.556. The van der Waals surface area contributed by atoms with Crippen LogP contribution in [-0.2, 0) is 6.42 Å². The third-order valence-electron chi connectivity index (χ3n) is 5.27. The minimum atomic E-state index is -0.985. The first-order chi connectivity index (χ1) is 13.8. The van der Waals surface area contributed by atoms with Gasteiger partial charge in [0.1, 0.15) is 22.9 Å². The Balaban J connectivity index is 1.49. The first-order valence-electron chi connectivity index (χ1n) is 9.93. The molecule has 152 valence electrons. The van der Waals surface area contributed by atoms with E-state index >= 15 is 0 Å². The summed E-state index contributed by atoms with van der Waals surface area (Å²) >= 11 is 0. The Bertz CT molecular complexity index is 1030. The van der Waals surface area contributed by atoms with Crippen LogP contribution in [0.3, 0.4) is 0 Å². The van der Waals surface area contributed by atoms with Crippen molar-refractivity contribution in [3.63, 3.8) is 0 Å². The van der Waals surface area contributed by atoms with E-state index in [1.807, 2.05) is 12.1 Å². The third-order valence-corrected chi connectivity index (χ3v) is 5.27. The summed E-state index contributed by atoms with van der Waals surface area (Å²) in [5, 5.41) is 13.4. The fourth-order valence-corrected chi connectivity index (χ4v) is 3.39. The summed E-state index contributed by atoms with van der Waals surface area (Å²) in [4.78, 5) is 15.2. The molecule has 3 aromatic rings. The van der Waals surface area contributed by atoms with Crippen molar-refractivity contribution in [3.8, 4) is 5.75 Å². The van der Waals surface area contributed by atoms with Crippen LogP contribution in [-0.4, -0.2) is 28.2 Å². The molecule has 0 amide bonds. The molecule has 0 atom stereocenters. The number of anilines is 1. The van der Waals surface area contributed by atoms with Crippen molar-refractivity contribution >= 4 is 22.8 Å². The molecule has 2 N–H and O–H groups in total. The zero-order valence-corrected chi connectivity index (χ0v) is 17.0. The molecule has 0 bridgehead atoms. The van der Waals surface area contributed by atoms with E-state index in [9.17, 15) is 4.79 Å². The minimum Gasteiger partial charge on any atom is -0.493 e. The topological polar surface area (TPSA) is 84.6 Å². The second-order valence-electron chi connectivity index (χ2n) is 8.49. The van der Waals surface area contributed by atoms with Gasteiger partial charge in [-0.2, -0.15) is 0 Å². The van der Waals surface area contributed by atoms with Gasteiger partial charge in [0.05, 0.1) is 12.2 Å². The van der Waals surface area contributed by atoms with E-state index in [1.54, 1.807) is 12.1 Å². The Morgan fingerprint density at radius 1 is 1.31 bits per heavy atom. The number of aromatic nitrogens is 1. The molecule has 0 radical (unpaired) electrons. The van der Waals surface area contributed by atoms with Crippen LogP contribution in [0.4, 0.5) is 5.82 Å². The average molecular weight is 394 g/mol. The number of ether oxygens (including phenoxy) is 1. The number of rotatable bonds is 8. The van der Waals surface area contributed by atoms with Crippen molar-refractivity contribution in [2.45, 2.75) is 45.6 Å². The molecule has 1 aliphatic carbocycles. The lowest BCUT2D eigenvalue weighted by Crippen LogP contribution is -2.34. The van der Waals surface area contributed by atoms with Gasteiger partial charge in [-0.25, -0.2) is 9.78 Å². The molecule has 1 aliphatic rings. The van der Waals surface area contributed by atoms with E-state index in [1.165, 1.54) is 19.0 Å². The molecule has 2 heterocycles. The van der Waals surface area contributed by atoms with Gasteiger partial charge in [-0.1, -0.05) is 0 Å². The first-order valence-corrected chi connectivity index (χ1v) is 9.93. The number of carboxylic acids is 1. The van der Waals surface area contributed by atoms with E-state index in [0.717, 1.165) is 40.6 Å². The van der Waals surface area contributed by atoms with Crippen LogP contribution >= 0.6 is 0 Å². The van der Waals surface area contributed by atoms with Crippen molar-refractivity contribution in [2.24, 2.45) is 5.92 Å². The molecule has 1 saturated carbocycles. The van der Waals surface area contributed by atoms with Crippen LogP contribution in [0, 0.1) is 12.8 Å². The predicted octanol–water partition coefficient (Wildman–Crippen LogP) is 5.06. The Labute approximate surface area is 169 Å². The van der Waals surface area contributed by atoms with Crippen molar-refractivity contribution in [1.29, 1.82) is 0 Å². The minimum absolute atomic E-state index is 0.168. The summed E-state index contributed by atoms with van der Waals surface area (Å²) in [5.74, 6) is 2.17. The zero-order valence-electron chi connectivity index (χ0n) is 17.0. The number of carboxylic acid groups (broad SMARTS) is 1. The number of benzene rings is 1. The summed E-state index contributed by atoms with van der Waals surface area (Å²) in [6.45, 7) is 6.99. The molecule has 4 rings (SSSR count). The summed E-state index contributed by atoms with van der Waals surface area (Å²) in [5.41, 5.74) is 1.81. The van der Waals surface area contributed by atoms with E-state index in [2.05, 4.69) is 37.1 Å². The molecule has 6 heteroatoms. The van der Waals surface area contributed by atoms with Crippen molar-refractivity contribution in [3.05, 3.63) is 53.4 Å². The Morgan fingerprint density at radius 3 is 2.76 bits per heavy atom. The molecule has 1 aromatic carbocycles. The standard InChI is InChI=1S/C23H26N2O4/c1-14-18-10-17(28-13-15-4-5-15)7-8-19(18)29-20(14)11-23(2,3)25-21-9-6-16(12-24-21)22(26)27/h6-10,12,15H,4-5,11,13H2,1-3H3,(H,24,25)(H,26,27). The molecule has 0 aliphatic heterocycles. The van der Waals surface area contributed by atoms with Crippen LogP contribution in [0.2, 0.25) is 0 Å². The van der Waals surface area contributed by atoms with Gasteiger partial charge in [0.25, 0.3) is 0 Å². The highest BCUT2D eigenvalue weighted by atomic mass is 16.5. The number of fused-ring (bicyclic) bond motifs is 1. The summed E-state index contributed by atoms with van der Waals surface area (Å²) in [6, 6.07) is 9.23. The second kappa shape index (κ2) is 7.43. The fraction of sp³-hybridized carbons (Fsp3) is 0.391. The van der Waals surface area contributed by atoms with E-state index < -0.39 is 5.97 Å². The zero-order chi connectivity index (χ0) is 20.6. The van der Waals surface area contributed by atoms with Crippen LogP contribution in [0.1, 0.15) is 48.4 Å². The van der Waals surface area contributed by atoms with Gasteiger partial charge in [0.2, 0.25) is 0 Å². The lowest BCUT2D eigenvalue weighted by atomic mass is 9.96. The smallest absolute Gasteiger partial charge is 0.337 e. The van der Waals surface area contributed by atoms with Gasteiger partial charge < -0.3 is 19.6 Å². The van der Waals surface area contributed by atoms with Crippen LogP contribution in [0.5, 0.6) is 5.75 Å². The molecule has 0 spiro atoms. The maximum Gasteiger partial charge on any atom is 0.337 e. The number of nitrogens with one attached hydrogen (secondary N) is 1. The summed E-state index contributed by atoms with van der Waals surface area (Å²) in [7, 11) is 0. The van der Waals surface area contributed by atoms with Gasteiger partial charge in [-0.15, -0.1) is 0 Å². The van der Waals surface area contributed by atoms with Crippen LogP contribution in [0.15, 0.2) is 40.9 Å². The Hall–Kier alpha value is -3.02. The monoisotopic (exact) mass is 394 g/mol. The molecule has 0 unspecified atom stereocenters. The van der Waals surface area contributed by atoms with Crippen LogP contribution < -0.4 is 10.1 Å². The van der Waals surface area contributed by atoms with E-state index in [4.69, 9.17) is 14.3 Å². The summed E-state index contributed by atoms with van der Waals surface area (Å²) < 4.78 is 12.0. The number of hydrogen-bond acceptors (Lipinski definition) is 5. The highest BCUT2D eigenvalue weighted by molar-refractivity contribution is 5.87. The number of aromatic carboxylic acids is 1. The molecule has 0 saturated heterocycles. The highest BCUT2D eigenvalue weighted by Crippen LogP contribution is 2.33. The lowest BCUT2D eigenvalue weighted by Gasteiger charge is -2.26. The average Bonchev–Trinajstić information content (AvgIpc) is 3.45. The third kappa shape index (κ3) is 4.53. The Kier molecular flexibility index (Phi) is 4.94. The predicted molar refractivity (Wildman–Crippen MR) is 112 cm³/mol. The SMILES string of the molecule is Cc1c(CC(C)(C)Nc2ccc(C(=O)O)cn2)oc2ccc(OCC3CC3)cc12. The van der Waals surface area contributed by atoms with Gasteiger partial charge >= 0.3 is 5.97 Å². The molecular formula is C23H26N2O4. The van der Waals surface area contributed by atoms with E-state index in [-0.39, 0.29) is 11.1 Å².